The van der Waals surface area contributed by atoms with Gasteiger partial charge in [-0.05, 0) is 17.5 Å². The Kier molecular flexibility index (Phi) is 12.7. The molecule has 0 saturated carbocycles. The first-order chi connectivity index (χ1) is 16.1. The van der Waals surface area contributed by atoms with Crippen LogP contribution >= 0.6 is 11.8 Å². The number of carboxylic acids is 1. The number of aliphatic carboxylic acids is 1. The maximum absolute atomic E-state index is 12.2. The molecule has 0 bridgehead atoms. The average Bonchev–Trinajstić information content (AvgIpc) is 2.81. The molecule has 34 heavy (non-hydrogen) atoms. The highest BCUT2D eigenvalue weighted by Gasteiger charge is 2.28. The van der Waals surface area contributed by atoms with Gasteiger partial charge in [-0.1, -0.05) is 24.3 Å². The van der Waals surface area contributed by atoms with Gasteiger partial charge in [0.2, 0.25) is 11.7 Å². The zero-order valence-electron chi connectivity index (χ0n) is 18.2. The molecule has 0 fully saturated rings. The van der Waals surface area contributed by atoms with Crippen molar-refractivity contribution in [1.29, 1.82) is 0 Å². The van der Waals surface area contributed by atoms with Crippen LogP contribution in [0.25, 0.3) is 0 Å². The second-order valence-electron chi connectivity index (χ2n) is 6.70. The van der Waals surface area contributed by atoms with Crippen LogP contribution in [0.1, 0.15) is 24.0 Å². The summed E-state index contributed by atoms with van der Waals surface area (Å²) in [6, 6.07) is 6.28. The largest absolute Gasteiger partial charge is 0.481 e. The number of esters is 2. The minimum absolute atomic E-state index is 0.0495. The molecule has 1 aromatic carbocycles. The molecule has 14 heteroatoms. The Labute approximate surface area is 198 Å². The van der Waals surface area contributed by atoms with Gasteiger partial charge in [-0.15, -0.1) is 10.1 Å². The number of ketones is 1. The smallest absolute Gasteiger partial charge is 0.375 e. The van der Waals surface area contributed by atoms with Crippen LogP contribution in [0.4, 0.5) is 0 Å². The third-order valence-electron chi connectivity index (χ3n) is 4.11. The highest BCUT2D eigenvalue weighted by molar-refractivity contribution is 8.00. The van der Waals surface area contributed by atoms with E-state index in [0.717, 1.165) is 18.9 Å². The highest BCUT2D eigenvalue weighted by Crippen LogP contribution is 2.13. The Morgan fingerprint density at radius 1 is 1.18 bits per heavy atom. The molecule has 186 valence electrons. The lowest BCUT2D eigenvalue weighted by atomic mass is 10.1. The number of hydrogen-bond donors (Lipinski definition) is 2. The van der Waals surface area contributed by atoms with Crippen molar-refractivity contribution in [1.82, 2.24) is 5.32 Å². The molecule has 1 atom stereocenters. The lowest BCUT2D eigenvalue weighted by Gasteiger charge is -2.14. The molecule has 0 unspecified atom stereocenters. The van der Waals surface area contributed by atoms with Gasteiger partial charge < -0.3 is 24.7 Å². The molecule has 0 radical (unpaired) electrons. The fourth-order valence-electron chi connectivity index (χ4n) is 2.46. The predicted molar refractivity (Wildman–Crippen MR) is 116 cm³/mol. The van der Waals surface area contributed by atoms with E-state index in [-0.39, 0.29) is 44.1 Å². The van der Waals surface area contributed by atoms with E-state index in [1.165, 1.54) is 6.07 Å². The van der Waals surface area contributed by atoms with Gasteiger partial charge in [0.05, 0.1) is 12.9 Å². The van der Waals surface area contributed by atoms with E-state index >= 15 is 0 Å². The molecular weight excluding hydrogens is 476 g/mol. The molecule has 0 aliphatic carbocycles. The number of carboxylic acid groups (broad SMARTS) is 1. The third kappa shape index (κ3) is 11.3. The van der Waals surface area contributed by atoms with Crippen LogP contribution in [-0.4, -0.2) is 65.0 Å². The quantitative estimate of drug-likeness (QED) is 0.0800. The summed E-state index contributed by atoms with van der Waals surface area (Å²) in [5.74, 6) is -6.27. The minimum atomic E-state index is -1.24. The van der Waals surface area contributed by atoms with Crippen LogP contribution in [0.2, 0.25) is 0 Å². The summed E-state index contributed by atoms with van der Waals surface area (Å²) in [7, 11) is 1.10. The molecule has 0 spiro atoms. The van der Waals surface area contributed by atoms with Crippen molar-refractivity contribution in [3.05, 3.63) is 45.5 Å². The molecule has 0 aromatic heterocycles. The summed E-state index contributed by atoms with van der Waals surface area (Å²) >= 11 is 0.861. The second-order valence-corrected chi connectivity index (χ2v) is 7.73. The van der Waals surface area contributed by atoms with E-state index in [0.29, 0.717) is 11.1 Å². The molecule has 0 saturated heterocycles. The predicted octanol–water partition coefficient (Wildman–Crippen LogP) is 0.511. The van der Waals surface area contributed by atoms with Gasteiger partial charge in [0.25, 0.3) is 5.09 Å². The Balaban J connectivity index is 2.47. The maximum Gasteiger partial charge on any atom is 0.375 e. The Hall–Kier alpha value is -3.68. The van der Waals surface area contributed by atoms with Crippen LogP contribution in [0.3, 0.4) is 0 Å². The fraction of sp³-hybridized carbons (Fsp3) is 0.450. The second kappa shape index (κ2) is 15.2. The number of carbonyl (C=O) groups excluding carboxylic acids is 4. The van der Waals surface area contributed by atoms with Crippen molar-refractivity contribution in [2.45, 2.75) is 26.1 Å². The van der Waals surface area contributed by atoms with E-state index in [2.05, 4.69) is 14.9 Å². The number of thioether (sulfide) groups is 1. The number of methoxy groups -OCH3 is 1. The van der Waals surface area contributed by atoms with Crippen LogP contribution in [0, 0.1) is 16.0 Å². The van der Waals surface area contributed by atoms with E-state index in [1.807, 2.05) is 0 Å². The third-order valence-corrected chi connectivity index (χ3v) is 5.15. The number of nitrogens with zero attached hydrogens (tertiary/aromatic N) is 1. The van der Waals surface area contributed by atoms with Crippen LogP contribution < -0.4 is 5.32 Å². The highest BCUT2D eigenvalue weighted by atomic mass is 32.2. The lowest BCUT2D eigenvalue weighted by molar-refractivity contribution is -0.763. The summed E-state index contributed by atoms with van der Waals surface area (Å²) in [4.78, 5) is 73.0. The summed E-state index contributed by atoms with van der Waals surface area (Å²) in [5, 5.41) is 20.4. The fourth-order valence-corrected chi connectivity index (χ4v) is 3.41. The van der Waals surface area contributed by atoms with Crippen molar-refractivity contribution < 1.29 is 48.5 Å². The Morgan fingerprint density at radius 2 is 1.85 bits per heavy atom. The van der Waals surface area contributed by atoms with Crippen molar-refractivity contribution in [3.63, 3.8) is 0 Å². The zero-order valence-corrected chi connectivity index (χ0v) is 19.0. The number of carbonyl (C=O) groups is 5. The number of nitrogens with one attached hydrogen (secondary N) is 1. The minimum Gasteiger partial charge on any atom is -0.481 e. The first-order valence-electron chi connectivity index (χ1n) is 9.84. The van der Waals surface area contributed by atoms with Gasteiger partial charge in [0.15, 0.2) is 0 Å². The van der Waals surface area contributed by atoms with Gasteiger partial charge in [-0.2, -0.15) is 11.8 Å². The Bertz CT molecular complexity index is 906. The molecular formula is C20H24N2O11S. The SMILES string of the molecule is COC(=O)[C@H](CSCC(=O)C(=O)OCc1cccc(CO[N+](=O)[O-])c1)C(=O)NCCCC(=O)O. The van der Waals surface area contributed by atoms with Gasteiger partial charge >= 0.3 is 17.9 Å². The monoisotopic (exact) mass is 500 g/mol. The van der Waals surface area contributed by atoms with E-state index in [9.17, 15) is 34.1 Å². The molecule has 0 heterocycles. The lowest BCUT2D eigenvalue weighted by Crippen LogP contribution is -2.38. The number of rotatable bonds is 16. The molecule has 1 amide bonds. The molecule has 0 aliphatic rings. The molecule has 0 aliphatic heterocycles. The summed E-state index contributed by atoms with van der Waals surface area (Å²) in [6.07, 6.45) is 0.0313. The first kappa shape index (κ1) is 28.4. The van der Waals surface area contributed by atoms with Gasteiger partial charge in [-0.3, -0.25) is 19.2 Å². The van der Waals surface area contributed by atoms with E-state index in [1.54, 1.807) is 18.2 Å². The standard InChI is InChI=1S/C20H24N2O11S/c1-31-19(27)15(18(26)21-7-3-6-17(24)25)11-34-12-16(23)20(28)32-9-13-4-2-5-14(8-13)10-33-22(29)30/h2,4-5,8,15H,3,6-7,9-12H2,1H3,(H,21,26)(H,24,25)/t15-/m1/s1. The number of hydrogen-bond acceptors (Lipinski definition) is 11. The molecule has 2 N–H and O–H groups in total. The number of Topliss-reactive ketones (excluding diaryl/α,β-unsaturated/α-hetero) is 1. The average molecular weight is 500 g/mol. The first-order valence-corrected chi connectivity index (χ1v) is 11.0. The maximum atomic E-state index is 12.2. The van der Waals surface area contributed by atoms with Crippen molar-refractivity contribution >= 4 is 41.4 Å². The van der Waals surface area contributed by atoms with Crippen molar-refractivity contribution in [3.8, 4) is 0 Å². The number of benzene rings is 1. The summed E-state index contributed by atoms with van der Waals surface area (Å²) in [6.45, 7) is -0.474. The van der Waals surface area contributed by atoms with Crippen LogP contribution in [0.5, 0.6) is 0 Å². The van der Waals surface area contributed by atoms with E-state index < -0.39 is 40.6 Å². The van der Waals surface area contributed by atoms with Gasteiger partial charge in [0, 0.05) is 18.7 Å². The number of ether oxygens (including phenoxy) is 2. The zero-order chi connectivity index (χ0) is 25.5. The van der Waals surface area contributed by atoms with Crippen LogP contribution in [-0.2, 0) is 51.5 Å². The van der Waals surface area contributed by atoms with Gasteiger partial charge in [-0.25, -0.2) is 4.79 Å². The topological polar surface area (TPSA) is 188 Å². The summed E-state index contributed by atoms with van der Waals surface area (Å²) in [5.41, 5.74) is 0.964. The van der Waals surface area contributed by atoms with Crippen molar-refractivity contribution in [2.75, 3.05) is 25.2 Å². The van der Waals surface area contributed by atoms with Gasteiger partial charge in [0.1, 0.15) is 19.1 Å². The number of amides is 1. The normalized spacial score (nSPS) is 11.1. The van der Waals surface area contributed by atoms with Crippen LogP contribution in [0.15, 0.2) is 24.3 Å². The van der Waals surface area contributed by atoms with E-state index in [4.69, 9.17) is 9.84 Å². The van der Waals surface area contributed by atoms with Crippen molar-refractivity contribution in [2.24, 2.45) is 5.92 Å². The molecule has 1 rings (SSSR count). The molecule has 13 nitrogen and oxygen atoms in total. The summed E-state index contributed by atoms with van der Waals surface area (Å²) < 4.78 is 9.51. The molecule has 1 aromatic rings. The Morgan fingerprint density at radius 3 is 2.47 bits per heavy atom.